The lowest BCUT2D eigenvalue weighted by Crippen LogP contribution is -2.20. The molecule has 0 aromatic heterocycles. The number of ether oxygens (including phenoxy) is 1. The van der Waals surface area contributed by atoms with Crippen LogP contribution >= 0.6 is 11.6 Å². The van der Waals surface area contributed by atoms with E-state index in [4.69, 9.17) is 21.4 Å². The first-order valence-corrected chi connectivity index (χ1v) is 7.32. The van der Waals surface area contributed by atoms with E-state index in [2.05, 4.69) is 4.72 Å². The zero-order valence-electron chi connectivity index (χ0n) is 10.4. The van der Waals surface area contributed by atoms with Gasteiger partial charge in [0, 0.05) is 7.11 Å². The third-order valence-corrected chi connectivity index (χ3v) is 3.91. The number of rotatable bonds is 6. The van der Waals surface area contributed by atoms with E-state index in [0.29, 0.717) is 5.56 Å². The number of hydrogen-bond donors (Lipinski definition) is 2. The Hall–Kier alpha value is -1.31. The smallest absolute Gasteiger partial charge is 0.337 e. The fraction of sp³-hybridized carbons (Fsp3) is 0.364. The monoisotopic (exact) mass is 307 g/mol. The highest BCUT2D eigenvalue weighted by atomic mass is 35.5. The van der Waals surface area contributed by atoms with Crippen LogP contribution < -0.4 is 4.72 Å². The van der Waals surface area contributed by atoms with E-state index in [0.717, 1.165) is 0 Å². The Labute approximate surface area is 116 Å². The molecule has 6 nitrogen and oxygen atoms in total. The average Bonchev–Trinajstić information content (AvgIpc) is 2.30. The Morgan fingerprint density at radius 1 is 1.47 bits per heavy atom. The molecule has 0 saturated carbocycles. The van der Waals surface area contributed by atoms with Gasteiger partial charge >= 0.3 is 5.97 Å². The van der Waals surface area contributed by atoms with Gasteiger partial charge in [-0.3, -0.25) is 4.72 Å². The molecule has 0 unspecified atom stereocenters. The number of carboxylic acid groups (broad SMARTS) is 1. The van der Waals surface area contributed by atoms with Crippen molar-refractivity contribution in [3.05, 3.63) is 28.3 Å². The van der Waals surface area contributed by atoms with Crippen LogP contribution in [0.25, 0.3) is 0 Å². The molecule has 0 atom stereocenters. The number of carbonyl (C=O) groups is 1. The number of hydrogen-bond acceptors (Lipinski definition) is 4. The van der Waals surface area contributed by atoms with Gasteiger partial charge in [-0.2, -0.15) is 0 Å². The molecule has 0 bridgehead atoms. The van der Waals surface area contributed by atoms with Crippen molar-refractivity contribution in [1.29, 1.82) is 0 Å². The first-order chi connectivity index (χ1) is 8.76. The summed E-state index contributed by atoms with van der Waals surface area (Å²) in [6.45, 7) is 1.66. The maximum Gasteiger partial charge on any atom is 0.337 e. The number of methoxy groups -OCH3 is 1. The van der Waals surface area contributed by atoms with E-state index in [1.165, 1.54) is 19.2 Å². The highest BCUT2D eigenvalue weighted by Crippen LogP contribution is 2.25. The fourth-order valence-corrected chi connectivity index (χ4v) is 2.65. The van der Waals surface area contributed by atoms with Gasteiger partial charge in [0.25, 0.3) is 0 Å². The third kappa shape index (κ3) is 4.38. The Balaban J connectivity index is 3.03. The molecule has 1 aromatic rings. The minimum absolute atomic E-state index is 0.0254. The number of benzene rings is 1. The summed E-state index contributed by atoms with van der Waals surface area (Å²) in [6, 6.07) is 2.60. The fourth-order valence-electron chi connectivity index (χ4n) is 1.37. The average molecular weight is 308 g/mol. The molecule has 1 aromatic carbocycles. The van der Waals surface area contributed by atoms with E-state index in [-0.39, 0.29) is 28.6 Å². The minimum atomic E-state index is -3.55. The van der Waals surface area contributed by atoms with Crippen molar-refractivity contribution >= 4 is 33.3 Å². The van der Waals surface area contributed by atoms with Crippen molar-refractivity contribution in [2.24, 2.45) is 0 Å². The van der Waals surface area contributed by atoms with E-state index in [1.807, 2.05) is 0 Å². The molecule has 19 heavy (non-hydrogen) atoms. The van der Waals surface area contributed by atoms with Crippen molar-refractivity contribution in [2.45, 2.75) is 6.92 Å². The maximum absolute atomic E-state index is 11.7. The Bertz CT molecular complexity index is 585. The van der Waals surface area contributed by atoms with Gasteiger partial charge < -0.3 is 9.84 Å². The maximum atomic E-state index is 11.7. The second-order valence-corrected chi connectivity index (χ2v) is 6.11. The quantitative estimate of drug-likeness (QED) is 0.835. The van der Waals surface area contributed by atoms with E-state index >= 15 is 0 Å². The molecule has 0 aliphatic heterocycles. The van der Waals surface area contributed by atoms with Gasteiger partial charge in [0.1, 0.15) is 0 Å². The lowest BCUT2D eigenvalue weighted by atomic mass is 10.1. The Morgan fingerprint density at radius 3 is 2.63 bits per heavy atom. The number of halogens is 1. The number of anilines is 1. The van der Waals surface area contributed by atoms with E-state index in [1.54, 1.807) is 6.92 Å². The first-order valence-electron chi connectivity index (χ1n) is 5.29. The van der Waals surface area contributed by atoms with Gasteiger partial charge in [-0.05, 0) is 24.6 Å². The molecule has 0 heterocycles. The zero-order chi connectivity index (χ0) is 14.6. The highest BCUT2D eigenvalue weighted by Gasteiger charge is 2.16. The van der Waals surface area contributed by atoms with Crippen LogP contribution in [0.15, 0.2) is 12.1 Å². The molecule has 1 rings (SSSR count). The van der Waals surface area contributed by atoms with Crippen LogP contribution in [0, 0.1) is 6.92 Å². The first kappa shape index (κ1) is 15.7. The van der Waals surface area contributed by atoms with Crippen molar-refractivity contribution in [1.82, 2.24) is 0 Å². The van der Waals surface area contributed by atoms with E-state index in [9.17, 15) is 13.2 Å². The second kappa shape index (κ2) is 6.23. The van der Waals surface area contributed by atoms with Crippen molar-refractivity contribution in [2.75, 3.05) is 24.2 Å². The summed E-state index contributed by atoms with van der Waals surface area (Å²) in [6.07, 6.45) is 0. The lowest BCUT2D eigenvalue weighted by molar-refractivity contribution is 0.0697. The SMILES string of the molecule is COCCS(=O)(=O)Nc1cc(Cl)c(C(=O)O)cc1C. The molecule has 0 fully saturated rings. The number of sulfonamides is 1. The van der Waals surface area contributed by atoms with Gasteiger partial charge in [0.15, 0.2) is 0 Å². The molecule has 8 heteroatoms. The Morgan fingerprint density at radius 2 is 2.11 bits per heavy atom. The molecular formula is C11H14ClNO5S. The van der Waals surface area contributed by atoms with Crippen molar-refractivity contribution < 1.29 is 23.1 Å². The summed E-state index contributed by atoms with van der Waals surface area (Å²) < 4.78 is 30.4. The van der Waals surface area contributed by atoms with Gasteiger partial charge in [0.05, 0.1) is 28.6 Å². The normalized spacial score (nSPS) is 11.3. The van der Waals surface area contributed by atoms with Crippen LogP contribution in [0.5, 0.6) is 0 Å². The molecule has 0 saturated heterocycles. The van der Waals surface area contributed by atoms with Gasteiger partial charge in [-0.25, -0.2) is 13.2 Å². The number of nitrogens with one attached hydrogen (secondary N) is 1. The minimum Gasteiger partial charge on any atom is -0.478 e. The van der Waals surface area contributed by atoms with Crippen LogP contribution in [0.2, 0.25) is 5.02 Å². The molecular weight excluding hydrogens is 294 g/mol. The topological polar surface area (TPSA) is 92.7 Å². The predicted octanol–water partition coefficient (Wildman–Crippen LogP) is 1.73. The summed E-state index contributed by atoms with van der Waals surface area (Å²) in [4.78, 5) is 10.9. The lowest BCUT2D eigenvalue weighted by Gasteiger charge is -2.12. The summed E-state index contributed by atoms with van der Waals surface area (Å²) in [5.74, 6) is -1.36. The number of aryl methyl sites for hydroxylation is 1. The van der Waals surface area contributed by atoms with Crippen LogP contribution in [0.4, 0.5) is 5.69 Å². The standard InChI is InChI=1S/C11H14ClNO5S/c1-7-5-8(11(14)15)9(12)6-10(7)13-19(16,17)4-3-18-2/h5-6,13H,3-4H2,1-2H3,(H,14,15). The summed E-state index contributed by atoms with van der Waals surface area (Å²) >= 11 is 5.79. The Kier molecular flexibility index (Phi) is 5.16. The summed E-state index contributed by atoms with van der Waals surface area (Å²) in [5.41, 5.74) is 0.660. The molecule has 2 N–H and O–H groups in total. The number of aromatic carboxylic acids is 1. The zero-order valence-corrected chi connectivity index (χ0v) is 12.0. The van der Waals surface area contributed by atoms with Gasteiger partial charge in [0.2, 0.25) is 10.0 Å². The molecule has 0 amide bonds. The largest absolute Gasteiger partial charge is 0.478 e. The van der Waals surface area contributed by atoms with Gasteiger partial charge in [-0.15, -0.1) is 0 Å². The van der Waals surface area contributed by atoms with Crippen molar-refractivity contribution in [3.63, 3.8) is 0 Å². The van der Waals surface area contributed by atoms with Crippen LogP contribution in [-0.2, 0) is 14.8 Å². The molecule has 0 spiro atoms. The van der Waals surface area contributed by atoms with Crippen molar-refractivity contribution in [3.8, 4) is 0 Å². The van der Waals surface area contributed by atoms with E-state index < -0.39 is 16.0 Å². The van der Waals surface area contributed by atoms with Crippen LogP contribution in [0.3, 0.4) is 0 Å². The molecule has 0 aliphatic rings. The van der Waals surface area contributed by atoms with Gasteiger partial charge in [-0.1, -0.05) is 11.6 Å². The van der Waals surface area contributed by atoms with Crippen LogP contribution in [0.1, 0.15) is 15.9 Å². The highest BCUT2D eigenvalue weighted by molar-refractivity contribution is 7.92. The van der Waals surface area contributed by atoms with Crippen LogP contribution in [-0.4, -0.2) is 39.0 Å². The molecule has 0 radical (unpaired) electrons. The summed E-state index contributed by atoms with van der Waals surface area (Å²) in [5, 5.41) is 8.86. The number of carboxylic acids is 1. The predicted molar refractivity (Wildman–Crippen MR) is 72.4 cm³/mol. The summed E-state index contributed by atoms with van der Waals surface area (Å²) in [7, 11) is -2.15. The third-order valence-electron chi connectivity index (χ3n) is 2.37. The molecule has 0 aliphatic carbocycles. The second-order valence-electron chi connectivity index (χ2n) is 3.87. The molecule has 106 valence electrons.